The predicted octanol–water partition coefficient (Wildman–Crippen LogP) is 2.16. The Labute approximate surface area is 146 Å². The Morgan fingerprint density at radius 2 is 2.00 bits per heavy atom. The van der Waals surface area contributed by atoms with E-state index in [-0.39, 0.29) is 0 Å². The van der Waals surface area contributed by atoms with Gasteiger partial charge in [0.15, 0.2) is 0 Å². The van der Waals surface area contributed by atoms with Crippen molar-refractivity contribution in [2.75, 3.05) is 13.1 Å². The second-order valence-corrected chi connectivity index (χ2v) is 6.61. The lowest BCUT2D eigenvalue weighted by atomic mass is 9.98. The summed E-state index contributed by atoms with van der Waals surface area (Å²) in [6.45, 7) is 3.73. The van der Waals surface area contributed by atoms with Gasteiger partial charge in [0.25, 0.3) is 0 Å². The second-order valence-electron chi connectivity index (χ2n) is 6.61. The summed E-state index contributed by atoms with van der Waals surface area (Å²) < 4.78 is 7.76. The zero-order valence-corrected chi connectivity index (χ0v) is 14.2. The standard InChI is InChI=1S/C18H22N6O/c1-2-5-15(6-3-1)9-17-21-22-18(25-17)12-23-8-4-7-16(10-23)11-24-14-19-13-20-24/h1-3,5-6,13-14,16H,4,7-12H2/t16-/m0/s1. The quantitative estimate of drug-likeness (QED) is 0.686. The molecule has 4 rings (SSSR count). The molecule has 0 saturated carbocycles. The van der Waals surface area contributed by atoms with Crippen LogP contribution in [0.2, 0.25) is 0 Å². The van der Waals surface area contributed by atoms with Gasteiger partial charge < -0.3 is 4.42 Å². The van der Waals surface area contributed by atoms with E-state index in [9.17, 15) is 0 Å². The van der Waals surface area contributed by atoms with Gasteiger partial charge in [0, 0.05) is 13.1 Å². The Morgan fingerprint density at radius 1 is 1.12 bits per heavy atom. The normalized spacial score (nSPS) is 18.5. The third-order valence-electron chi connectivity index (χ3n) is 4.58. The van der Waals surface area contributed by atoms with Gasteiger partial charge in [-0.25, -0.2) is 4.98 Å². The van der Waals surface area contributed by atoms with Crippen molar-refractivity contribution in [3.63, 3.8) is 0 Å². The van der Waals surface area contributed by atoms with E-state index < -0.39 is 0 Å². The second kappa shape index (κ2) is 7.57. The summed E-state index contributed by atoms with van der Waals surface area (Å²) in [4.78, 5) is 6.41. The van der Waals surface area contributed by atoms with Crippen LogP contribution in [0.3, 0.4) is 0 Å². The molecule has 1 fully saturated rings. The largest absolute Gasteiger partial charge is 0.424 e. The number of aromatic nitrogens is 5. The number of benzene rings is 1. The minimum absolute atomic E-state index is 0.585. The van der Waals surface area contributed by atoms with Gasteiger partial charge in [0.1, 0.15) is 12.7 Å². The molecule has 0 amide bonds. The summed E-state index contributed by atoms with van der Waals surface area (Å²) in [5.74, 6) is 1.96. The minimum Gasteiger partial charge on any atom is -0.424 e. The van der Waals surface area contributed by atoms with Crippen LogP contribution in [0.25, 0.3) is 0 Å². The van der Waals surface area contributed by atoms with Crippen molar-refractivity contribution in [2.24, 2.45) is 5.92 Å². The van der Waals surface area contributed by atoms with E-state index in [1.165, 1.54) is 18.4 Å². The maximum atomic E-state index is 5.84. The number of hydrogen-bond acceptors (Lipinski definition) is 6. The number of hydrogen-bond donors (Lipinski definition) is 0. The third-order valence-corrected chi connectivity index (χ3v) is 4.58. The number of nitrogens with zero attached hydrogens (tertiary/aromatic N) is 6. The van der Waals surface area contributed by atoms with Crippen molar-refractivity contribution in [1.82, 2.24) is 29.9 Å². The highest BCUT2D eigenvalue weighted by Gasteiger charge is 2.22. The van der Waals surface area contributed by atoms with Gasteiger partial charge in [0.05, 0.1) is 13.0 Å². The summed E-state index contributed by atoms with van der Waals surface area (Å²) in [7, 11) is 0. The number of likely N-dealkylation sites (tertiary alicyclic amines) is 1. The van der Waals surface area contributed by atoms with Crippen LogP contribution in [-0.4, -0.2) is 43.0 Å². The predicted molar refractivity (Wildman–Crippen MR) is 91.6 cm³/mol. The molecule has 7 heteroatoms. The fraction of sp³-hybridized carbons (Fsp3) is 0.444. The highest BCUT2D eigenvalue weighted by Crippen LogP contribution is 2.20. The molecule has 0 spiro atoms. The van der Waals surface area contributed by atoms with Crippen LogP contribution in [0.1, 0.15) is 30.2 Å². The molecule has 25 heavy (non-hydrogen) atoms. The average molecular weight is 338 g/mol. The maximum Gasteiger partial charge on any atom is 0.230 e. The molecule has 1 atom stereocenters. The van der Waals surface area contributed by atoms with Crippen LogP contribution < -0.4 is 0 Å². The molecule has 3 heterocycles. The summed E-state index contributed by atoms with van der Waals surface area (Å²) in [6.07, 6.45) is 6.46. The first-order chi connectivity index (χ1) is 12.3. The first kappa shape index (κ1) is 16.0. The topological polar surface area (TPSA) is 72.9 Å². The Balaban J connectivity index is 1.32. The van der Waals surface area contributed by atoms with E-state index in [4.69, 9.17) is 4.42 Å². The molecule has 1 aliphatic heterocycles. The van der Waals surface area contributed by atoms with Crippen LogP contribution >= 0.6 is 0 Å². The lowest BCUT2D eigenvalue weighted by molar-refractivity contribution is 0.141. The molecular formula is C18H22N6O. The van der Waals surface area contributed by atoms with Crippen LogP contribution in [0.4, 0.5) is 0 Å². The molecule has 0 aliphatic carbocycles. The molecule has 0 radical (unpaired) electrons. The van der Waals surface area contributed by atoms with Crippen molar-refractivity contribution in [1.29, 1.82) is 0 Å². The third kappa shape index (κ3) is 4.30. The van der Waals surface area contributed by atoms with E-state index in [0.29, 0.717) is 24.1 Å². The van der Waals surface area contributed by atoms with Crippen molar-refractivity contribution in [2.45, 2.75) is 32.4 Å². The van der Waals surface area contributed by atoms with Gasteiger partial charge in [-0.15, -0.1) is 10.2 Å². The van der Waals surface area contributed by atoms with Gasteiger partial charge in [-0.3, -0.25) is 9.58 Å². The monoisotopic (exact) mass is 338 g/mol. The fourth-order valence-electron chi connectivity index (χ4n) is 3.42. The molecule has 0 unspecified atom stereocenters. The Hall–Kier alpha value is -2.54. The van der Waals surface area contributed by atoms with Crippen molar-refractivity contribution in [3.05, 3.63) is 60.3 Å². The lowest BCUT2D eigenvalue weighted by Gasteiger charge is -2.31. The summed E-state index contributed by atoms with van der Waals surface area (Å²) in [5.41, 5.74) is 1.18. The van der Waals surface area contributed by atoms with Crippen LogP contribution in [-0.2, 0) is 19.5 Å². The van der Waals surface area contributed by atoms with Crippen molar-refractivity contribution >= 4 is 0 Å². The summed E-state index contributed by atoms with van der Waals surface area (Å²) >= 11 is 0. The van der Waals surface area contributed by atoms with Crippen LogP contribution in [0, 0.1) is 5.92 Å². The van der Waals surface area contributed by atoms with Crippen LogP contribution in [0.15, 0.2) is 47.4 Å². The molecule has 130 valence electrons. The highest BCUT2D eigenvalue weighted by molar-refractivity contribution is 5.17. The van der Waals surface area contributed by atoms with E-state index >= 15 is 0 Å². The fourth-order valence-corrected chi connectivity index (χ4v) is 3.42. The van der Waals surface area contributed by atoms with Crippen molar-refractivity contribution < 1.29 is 4.42 Å². The Kier molecular flexibility index (Phi) is 4.83. The molecule has 0 bridgehead atoms. The van der Waals surface area contributed by atoms with E-state index in [2.05, 4.69) is 37.3 Å². The molecular weight excluding hydrogens is 316 g/mol. The van der Waals surface area contributed by atoms with Gasteiger partial charge in [-0.05, 0) is 30.9 Å². The molecule has 1 aliphatic rings. The van der Waals surface area contributed by atoms with Crippen molar-refractivity contribution in [3.8, 4) is 0 Å². The van der Waals surface area contributed by atoms with E-state index in [1.54, 1.807) is 12.7 Å². The molecule has 3 aromatic rings. The first-order valence-corrected chi connectivity index (χ1v) is 8.75. The van der Waals surface area contributed by atoms with Crippen LogP contribution in [0.5, 0.6) is 0 Å². The Bertz CT molecular complexity index is 770. The minimum atomic E-state index is 0.585. The van der Waals surface area contributed by atoms with Gasteiger partial charge in [-0.1, -0.05) is 30.3 Å². The first-order valence-electron chi connectivity index (χ1n) is 8.75. The smallest absolute Gasteiger partial charge is 0.230 e. The molecule has 1 aromatic carbocycles. The van der Waals surface area contributed by atoms with E-state index in [0.717, 1.165) is 26.2 Å². The number of rotatable bonds is 6. The lowest BCUT2D eigenvalue weighted by Crippen LogP contribution is -2.36. The number of piperidine rings is 1. The summed E-state index contributed by atoms with van der Waals surface area (Å²) in [5, 5.41) is 12.6. The zero-order chi connectivity index (χ0) is 16.9. The van der Waals surface area contributed by atoms with E-state index in [1.807, 2.05) is 22.9 Å². The SMILES string of the molecule is c1ccc(Cc2nnc(CN3CCC[C@H](Cn4cncn4)C3)o2)cc1. The average Bonchev–Trinajstić information content (AvgIpc) is 3.29. The van der Waals surface area contributed by atoms with Gasteiger partial charge in [0.2, 0.25) is 11.8 Å². The molecule has 2 aromatic heterocycles. The zero-order valence-electron chi connectivity index (χ0n) is 14.2. The molecule has 0 N–H and O–H groups in total. The maximum absolute atomic E-state index is 5.84. The highest BCUT2D eigenvalue weighted by atomic mass is 16.4. The molecule has 1 saturated heterocycles. The van der Waals surface area contributed by atoms with Gasteiger partial charge in [-0.2, -0.15) is 5.10 Å². The Morgan fingerprint density at radius 3 is 2.84 bits per heavy atom. The summed E-state index contributed by atoms with van der Waals surface area (Å²) in [6, 6.07) is 10.2. The van der Waals surface area contributed by atoms with Gasteiger partial charge >= 0.3 is 0 Å². The molecule has 7 nitrogen and oxygen atoms in total.